The first-order valence-electron chi connectivity index (χ1n) is 7.83. The maximum absolute atomic E-state index is 5.54. The van der Waals surface area contributed by atoms with Crippen LogP contribution in [0.15, 0.2) is 24.3 Å². The summed E-state index contributed by atoms with van der Waals surface area (Å²) in [5.74, 6) is 7.02. The highest BCUT2D eigenvalue weighted by atomic mass is 15.3. The van der Waals surface area contributed by atoms with Crippen LogP contribution in [-0.2, 0) is 0 Å². The van der Waals surface area contributed by atoms with Gasteiger partial charge in [-0.05, 0) is 31.9 Å². The van der Waals surface area contributed by atoms with Crippen LogP contribution in [0.3, 0.4) is 0 Å². The molecule has 1 aliphatic carbocycles. The quantitative estimate of drug-likeness (QED) is 0.667. The summed E-state index contributed by atoms with van der Waals surface area (Å²) in [6, 6.07) is 8.72. The Hall–Kier alpha value is -1.88. The summed E-state index contributed by atoms with van der Waals surface area (Å²) in [5, 5.41) is 1.10. The fraction of sp³-hybridized carbons (Fsp3) is 0.500. The monoisotopic (exact) mass is 285 g/mol. The second-order valence-corrected chi connectivity index (χ2v) is 5.61. The SMILES string of the molecule is CCN(c1nc(NN)nc2ccccc12)C1CCCCC1. The average Bonchev–Trinajstić information content (AvgIpc) is 2.56. The van der Waals surface area contributed by atoms with Crippen molar-refractivity contribution in [2.75, 3.05) is 16.9 Å². The first-order valence-corrected chi connectivity index (χ1v) is 7.83. The number of fused-ring (bicyclic) bond motifs is 1. The van der Waals surface area contributed by atoms with Gasteiger partial charge in [-0.15, -0.1) is 0 Å². The lowest BCUT2D eigenvalue weighted by Gasteiger charge is -2.35. The predicted molar refractivity (Wildman–Crippen MR) is 87.2 cm³/mol. The molecular formula is C16H23N5. The molecule has 5 nitrogen and oxygen atoms in total. The van der Waals surface area contributed by atoms with Gasteiger partial charge in [0.05, 0.1) is 5.52 Å². The molecule has 3 rings (SSSR count). The molecule has 1 fully saturated rings. The Labute approximate surface area is 125 Å². The van der Waals surface area contributed by atoms with Gasteiger partial charge in [0.1, 0.15) is 5.82 Å². The highest BCUT2D eigenvalue weighted by molar-refractivity contribution is 5.90. The Bertz CT molecular complexity index is 607. The molecule has 2 aromatic rings. The van der Waals surface area contributed by atoms with Crippen LogP contribution in [0.4, 0.5) is 11.8 Å². The first-order chi connectivity index (χ1) is 10.3. The van der Waals surface area contributed by atoms with Gasteiger partial charge in [-0.1, -0.05) is 31.4 Å². The molecular weight excluding hydrogens is 262 g/mol. The number of para-hydroxylation sites is 1. The summed E-state index contributed by atoms with van der Waals surface area (Å²) in [4.78, 5) is 11.5. The summed E-state index contributed by atoms with van der Waals surface area (Å²) in [7, 11) is 0. The Morgan fingerprint density at radius 2 is 1.95 bits per heavy atom. The lowest BCUT2D eigenvalue weighted by Crippen LogP contribution is -2.37. The van der Waals surface area contributed by atoms with Crippen molar-refractivity contribution < 1.29 is 0 Å². The van der Waals surface area contributed by atoms with E-state index in [9.17, 15) is 0 Å². The van der Waals surface area contributed by atoms with Gasteiger partial charge < -0.3 is 4.90 Å². The molecule has 1 aromatic carbocycles. The molecule has 0 atom stereocenters. The molecule has 0 amide bonds. The zero-order chi connectivity index (χ0) is 14.7. The zero-order valence-corrected chi connectivity index (χ0v) is 12.5. The maximum Gasteiger partial charge on any atom is 0.239 e. The third-order valence-corrected chi connectivity index (χ3v) is 4.34. The van der Waals surface area contributed by atoms with Gasteiger partial charge in [0.25, 0.3) is 0 Å². The van der Waals surface area contributed by atoms with Crippen LogP contribution in [0.5, 0.6) is 0 Å². The molecule has 5 heteroatoms. The van der Waals surface area contributed by atoms with Crippen molar-refractivity contribution in [3.8, 4) is 0 Å². The van der Waals surface area contributed by atoms with Gasteiger partial charge in [-0.3, -0.25) is 5.43 Å². The normalized spacial score (nSPS) is 16.1. The molecule has 21 heavy (non-hydrogen) atoms. The molecule has 0 saturated heterocycles. The van der Waals surface area contributed by atoms with Crippen molar-refractivity contribution in [2.24, 2.45) is 5.84 Å². The van der Waals surface area contributed by atoms with E-state index < -0.39 is 0 Å². The third-order valence-electron chi connectivity index (χ3n) is 4.34. The first kappa shape index (κ1) is 14.1. The Balaban J connectivity index is 2.07. The van der Waals surface area contributed by atoms with E-state index in [0.717, 1.165) is 23.3 Å². The van der Waals surface area contributed by atoms with E-state index >= 15 is 0 Å². The smallest absolute Gasteiger partial charge is 0.239 e. The molecule has 1 heterocycles. The Morgan fingerprint density at radius 3 is 2.67 bits per heavy atom. The van der Waals surface area contributed by atoms with Crippen LogP contribution < -0.4 is 16.2 Å². The summed E-state index contributed by atoms with van der Waals surface area (Å²) >= 11 is 0. The van der Waals surface area contributed by atoms with Gasteiger partial charge >= 0.3 is 0 Å². The molecule has 112 valence electrons. The van der Waals surface area contributed by atoms with Crippen LogP contribution in [0.25, 0.3) is 10.9 Å². The molecule has 1 saturated carbocycles. The third kappa shape index (κ3) is 2.78. The van der Waals surface area contributed by atoms with Crippen molar-refractivity contribution in [1.82, 2.24) is 9.97 Å². The molecule has 1 aliphatic rings. The van der Waals surface area contributed by atoms with Gasteiger partial charge in [-0.2, -0.15) is 4.98 Å². The molecule has 1 aromatic heterocycles. The largest absolute Gasteiger partial charge is 0.353 e. The van der Waals surface area contributed by atoms with Gasteiger partial charge in [0.15, 0.2) is 0 Å². The number of aromatic nitrogens is 2. The minimum atomic E-state index is 0.484. The second-order valence-electron chi connectivity index (χ2n) is 5.61. The van der Waals surface area contributed by atoms with E-state index in [4.69, 9.17) is 5.84 Å². The number of nitrogens with zero attached hydrogens (tertiary/aromatic N) is 3. The summed E-state index contributed by atoms with van der Waals surface area (Å²) in [6.07, 6.45) is 6.47. The van der Waals surface area contributed by atoms with Crippen molar-refractivity contribution in [1.29, 1.82) is 0 Å². The standard InChI is InChI=1S/C16H23N5/c1-2-21(12-8-4-3-5-9-12)15-13-10-6-7-11-14(13)18-16(19-15)20-17/h6-7,10-12H,2-5,8-9,17H2,1H3,(H,18,19,20). The van der Waals surface area contributed by atoms with Crippen LogP contribution in [0.2, 0.25) is 0 Å². The van der Waals surface area contributed by atoms with E-state index in [1.807, 2.05) is 18.2 Å². The number of rotatable bonds is 4. The number of nitrogens with one attached hydrogen (secondary N) is 1. The van der Waals surface area contributed by atoms with Crippen molar-refractivity contribution >= 4 is 22.7 Å². The molecule has 0 aliphatic heterocycles. The lowest BCUT2D eigenvalue weighted by molar-refractivity contribution is 0.417. The molecule has 0 radical (unpaired) electrons. The minimum absolute atomic E-state index is 0.484. The summed E-state index contributed by atoms with van der Waals surface area (Å²) in [5.41, 5.74) is 3.53. The molecule has 0 bridgehead atoms. The number of hydrazine groups is 1. The van der Waals surface area contributed by atoms with Gasteiger partial charge in [-0.25, -0.2) is 10.8 Å². The van der Waals surface area contributed by atoms with E-state index in [0.29, 0.717) is 12.0 Å². The fourth-order valence-electron chi connectivity index (χ4n) is 3.32. The van der Waals surface area contributed by atoms with Crippen molar-refractivity contribution in [3.05, 3.63) is 24.3 Å². The topological polar surface area (TPSA) is 67.1 Å². The zero-order valence-electron chi connectivity index (χ0n) is 12.5. The molecule has 0 spiro atoms. The van der Waals surface area contributed by atoms with E-state index in [-0.39, 0.29) is 0 Å². The Kier molecular flexibility index (Phi) is 4.20. The number of nitrogens with two attached hydrogens (primary N) is 1. The van der Waals surface area contributed by atoms with Crippen LogP contribution in [-0.4, -0.2) is 22.6 Å². The molecule has 3 N–H and O–H groups in total. The van der Waals surface area contributed by atoms with Crippen LogP contribution in [0, 0.1) is 0 Å². The summed E-state index contributed by atoms with van der Waals surface area (Å²) in [6.45, 7) is 3.15. The second kappa shape index (κ2) is 6.26. The van der Waals surface area contributed by atoms with Crippen molar-refractivity contribution in [2.45, 2.75) is 45.1 Å². The van der Waals surface area contributed by atoms with E-state index in [2.05, 4.69) is 33.3 Å². The van der Waals surface area contributed by atoms with Gasteiger partial charge in [0.2, 0.25) is 5.95 Å². The summed E-state index contributed by atoms with van der Waals surface area (Å²) < 4.78 is 0. The van der Waals surface area contributed by atoms with Crippen LogP contribution in [0.1, 0.15) is 39.0 Å². The lowest BCUT2D eigenvalue weighted by atomic mass is 9.94. The van der Waals surface area contributed by atoms with Crippen LogP contribution >= 0.6 is 0 Å². The maximum atomic E-state index is 5.54. The van der Waals surface area contributed by atoms with E-state index in [1.165, 1.54) is 32.1 Å². The average molecular weight is 285 g/mol. The number of hydrogen-bond donors (Lipinski definition) is 2. The van der Waals surface area contributed by atoms with Gasteiger partial charge in [0, 0.05) is 18.0 Å². The Morgan fingerprint density at radius 1 is 1.19 bits per heavy atom. The number of benzene rings is 1. The van der Waals surface area contributed by atoms with E-state index in [1.54, 1.807) is 0 Å². The number of nitrogen functional groups attached to an aromatic ring is 1. The highest BCUT2D eigenvalue weighted by Gasteiger charge is 2.23. The number of hydrogen-bond acceptors (Lipinski definition) is 5. The number of anilines is 2. The highest BCUT2D eigenvalue weighted by Crippen LogP contribution is 2.31. The predicted octanol–water partition coefficient (Wildman–Crippen LogP) is 3.07. The minimum Gasteiger partial charge on any atom is -0.353 e. The molecule has 0 unspecified atom stereocenters. The fourth-order valence-corrected chi connectivity index (χ4v) is 3.32. The van der Waals surface area contributed by atoms with Crippen molar-refractivity contribution in [3.63, 3.8) is 0 Å².